The normalized spacial score (nSPS) is 17.4. The Hall–Kier alpha value is -3.88. The summed E-state index contributed by atoms with van der Waals surface area (Å²) in [6.45, 7) is 1.84. The first kappa shape index (κ1) is 22.9. The first-order valence-corrected chi connectivity index (χ1v) is 11.6. The number of benzene rings is 2. The Morgan fingerprint density at radius 1 is 1.14 bits per heavy atom. The van der Waals surface area contributed by atoms with Gasteiger partial charge in [0.2, 0.25) is 0 Å². The third-order valence-corrected chi connectivity index (χ3v) is 6.50. The molecule has 35 heavy (non-hydrogen) atoms. The Morgan fingerprint density at radius 3 is 2.69 bits per heavy atom. The van der Waals surface area contributed by atoms with Gasteiger partial charge in [0, 0.05) is 16.8 Å². The monoisotopic (exact) mass is 505 g/mol. The van der Waals surface area contributed by atoms with E-state index < -0.39 is 12.0 Å². The average molecular weight is 506 g/mol. The Bertz CT molecular complexity index is 1440. The fourth-order valence-corrected chi connectivity index (χ4v) is 4.83. The van der Waals surface area contributed by atoms with Crippen LogP contribution in [0.4, 0.5) is 5.69 Å². The summed E-state index contributed by atoms with van der Waals surface area (Å²) in [5.74, 6) is 0.212. The predicted molar refractivity (Wildman–Crippen MR) is 137 cm³/mol. The number of hydrogen-bond acceptors (Lipinski definition) is 5. The number of halogens is 1. The number of pyridine rings is 1. The van der Waals surface area contributed by atoms with Gasteiger partial charge in [-0.15, -0.1) is 0 Å². The Morgan fingerprint density at radius 2 is 1.97 bits per heavy atom. The van der Waals surface area contributed by atoms with Crippen molar-refractivity contribution in [1.82, 2.24) is 10.3 Å². The molecular weight excluding hydrogens is 486 g/mol. The third-order valence-electron chi connectivity index (χ3n) is 5.95. The summed E-state index contributed by atoms with van der Waals surface area (Å²) in [7, 11) is 0. The highest BCUT2D eigenvalue weighted by Crippen LogP contribution is 2.46. The Labute approximate surface area is 211 Å². The summed E-state index contributed by atoms with van der Waals surface area (Å²) in [6, 6.07) is 18.1. The van der Waals surface area contributed by atoms with Crippen LogP contribution in [0.2, 0.25) is 5.02 Å². The van der Waals surface area contributed by atoms with Crippen LogP contribution in [0, 0.1) is 6.92 Å². The lowest BCUT2D eigenvalue weighted by Crippen LogP contribution is -2.29. The smallest absolute Gasteiger partial charge is 0.335 e. The van der Waals surface area contributed by atoms with E-state index in [-0.39, 0.29) is 17.4 Å². The molecule has 7 nitrogen and oxygen atoms in total. The van der Waals surface area contributed by atoms with Gasteiger partial charge < -0.3 is 24.8 Å². The molecule has 0 spiro atoms. The lowest BCUT2D eigenvalue weighted by molar-refractivity contribution is 0.0696. The Balaban J connectivity index is 1.61. The molecule has 0 unspecified atom stereocenters. The molecule has 9 heteroatoms. The molecular formula is C26H20ClN3O4S. The van der Waals surface area contributed by atoms with Crippen LogP contribution in [0.15, 0.2) is 77.3 Å². The third kappa shape index (κ3) is 4.22. The van der Waals surface area contributed by atoms with Crippen LogP contribution in [0.1, 0.15) is 39.5 Å². The highest BCUT2D eigenvalue weighted by molar-refractivity contribution is 7.80. The second-order valence-corrected chi connectivity index (χ2v) is 8.99. The molecule has 1 saturated heterocycles. The van der Waals surface area contributed by atoms with Crippen LogP contribution in [-0.4, -0.2) is 26.3 Å². The van der Waals surface area contributed by atoms with Gasteiger partial charge >= 0.3 is 5.97 Å². The van der Waals surface area contributed by atoms with Crippen molar-refractivity contribution in [3.63, 3.8) is 0 Å². The van der Waals surface area contributed by atoms with E-state index >= 15 is 0 Å². The van der Waals surface area contributed by atoms with Gasteiger partial charge in [0.05, 0.1) is 23.0 Å². The zero-order valence-corrected chi connectivity index (χ0v) is 20.0. The van der Waals surface area contributed by atoms with Gasteiger partial charge in [0.1, 0.15) is 23.3 Å². The lowest BCUT2D eigenvalue weighted by atomic mass is 10.0. The highest BCUT2D eigenvalue weighted by atomic mass is 35.5. The van der Waals surface area contributed by atoms with Gasteiger partial charge in [-0.3, -0.25) is 4.98 Å². The van der Waals surface area contributed by atoms with E-state index in [1.165, 1.54) is 6.07 Å². The molecule has 0 radical (unpaired) electrons. The molecule has 0 saturated carbocycles. The van der Waals surface area contributed by atoms with Gasteiger partial charge in [-0.25, -0.2) is 4.79 Å². The van der Waals surface area contributed by atoms with E-state index in [0.29, 0.717) is 27.3 Å². The minimum atomic E-state index is -0.986. The van der Waals surface area contributed by atoms with Crippen molar-refractivity contribution in [1.29, 1.82) is 0 Å². The van der Waals surface area contributed by atoms with Crippen LogP contribution in [0.3, 0.4) is 0 Å². The molecule has 1 fully saturated rings. The molecule has 0 bridgehead atoms. The van der Waals surface area contributed by atoms with Gasteiger partial charge in [0.25, 0.3) is 0 Å². The first-order valence-electron chi connectivity index (χ1n) is 10.8. The maximum Gasteiger partial charge on any atom is 0.335 e. The molecule has 2 atom stereocenters. The number of phenols is 1. The topological polar surface area (TPSA) is 98.8 Å². The van der Waals surface area contributed by atoms with Crippen LogP contribution in [0.25, 0.3) is 11.3 Å². The number of carbonyl (C=O) groups is 1. The van der Waals surface area contributed by atoms with Crippen LogP contribution >= 0.6 is 23.8 Å². The molecule has 0 amide bonds. The number of anilines is 1. The molecule has 1 aliphatic heterocycles. The SMILES string of the molecule is Cc1cc(C(=O)O)ccc1-c1ccc([C@H]2[C@H](c3ccccn3)NC(=S)N2c2cc(Cl)ccc2O)o1. The number of nitrogens with one attached hydrogen (secondary N) is 1. The number of phenolic OH excluding ortho intramolecular Hbond substituents is 1. The summed E-state index contributed by atoms with van der Waals surface area (Å²) in [4.78, 5) is 17.6. The van der Waals surface area contributed by atoms with Crippen molar-refractivity contribution in [3.05, 3.63) is 101 Å². The Kier molecular flexibility index (Phi) is 5.92. The number of aromatic hydroxyl groups is 1. The van der Waals surface area contributed by atoms with Gasteiger partial charge in [0.15, 0.2) is 5.11 Å². The number of aromatic nitrogens is 1. The molecule has 4 aromatic rings. The lowest BCUT2D eigenvalue weighted by Gasteiger charge is -2.26. The number of aryl methyl sites for hydroxylation is 1. The minimum Gasteiger partial charge on any atom is -0.506 e. The molecule has 5 rings (SSSR count). The van der Waals surface area contributed by atoms with Gasteiger partial charge in [-0.05, 0) is 79.3 Å². The average Bonchev–Trinajstić information content (AvgIpc) is 3.45. The predicted octanol–water partition coefficient (Wildman–Crippen LogP) is 5.88. The number of furan rings is 1. The van der Waals surface area contributed by atoms with E-state index in [0.717, 1.165) is 16.8 Å². The minimum absolute atomic E-state index is 0.0251. The molecule has 0 aliphatic carbocycles. The van der Waals surface area contributed by atoms with Crippen molar-refractivity contribution >= 4 is 40.6 Å². The van der Waals surface area contributed by atoms with Gasteiger partial charge in [-0.1, -0.05) is 23.7 Å². The molecule has 3 N–H and O–H groups in total. The van der Waals surface area contributed by atoms with E-state index in [1.54, 1.807) is 41.4 Å². The molecule has 2 aromatic heterocycles. The number of carboxylic acid groups (broad SMARTS) is 1. The van der Waals surface area contributed by atoms with Crippen LogP contribution in [0.5, 0.6) is 5.75 Å². The number of carboxylic acids is 1. The molecule has 2 aromatic carbocycles. The highest BCUT2D eigenvalue weighted by Gasteiger charge is 2.43. The summed E-state index contributed by atoms with van der Waals surface area (Å²) in [5.41, 5.74) is 2.96. The molecule has 176 valence electrons. The fourth-order valence-electron chi connectivity index (χ4n) is 4.32. The summed E-state index contributed by atoms with van der Waals surface area (Å²) in [6.07, 6.45) is 1.71. The number of rotatable bonds is 5. The zero-order valence-electron chi connectivity index (χ0n) is 18.5. The van der Waals surface area contributed by atoms with E-state index in [1.807, 2.05) is 37.3 Å². The summed E-state index contributed by atoms with van der Waals surface area (Å²) >= 11 is 11.9. The second-order valence-electron chi connectivity index (χ2n) is 8.17. The van der Waals surface area contributed by atoms with Crippen molar-refractivity contribution in [2.75, 3.05) is 4.90 Å². The number of nitrogens with zero attached hydrogens (tertiary/aromatic N) is 2. The number of hydrogen-bond donors (Lipinski definition) is 3. The van der Waals surface area contributed by atoms with E-state index in [2.05, 4.69) is 10.3 Å². The maximum atomic E-state index is 11.3. The largest absolute Gasteiger partial charge is 0.506 e. The van der Waals surface area contributed by atoms with Crippen molar-refractivity contribution < 1.29 is 19.4 Å². The van der Waals surface area contributed by atoms with Crippen LogP contribution < -0.4 is 10.2 Å². The van der Waals surface area contributed by atoms with E-state index in [4.69, 9.17) is 28.2 Å². The fraction of sp³-hybridized carbons (Fsp3) is 0.115. The van der Waals surface area contributed by atoms with Crippen molar-refractivity contribution in [3.8, 4) is 17.1 Å². The number of aromatic carboxylic acids is 1. The van der Waals surface area contributed by atoms with Crippen LogP contribution in [-0.2, 0) is 0 Å². The quantitative estimate of drug-likeness (QED) is 0.289. The van der Waals surface area contributed by atoms with Gasteiger partial charge in [-0.2, -0.15) is 0 Å². The first-order chi connectivity index (χ1) is 16.8. The number of thiocarbonyl (C=S) groups is 1. The zero-order chi connectivity index (χ0) is 24.7. The molecule has 3 heterocycles. The van der Waals surface area contributed by atoms with E-state index in [9.17, 15) is 15.0 Å². The van der Waals surface area contributed by atoms with Crippen molar-refractivity contribution in [2.24, 2.45) is 0 Å². The molecule has 1 aliphatic rings. The second kappa shape index (κ2) is 9.05. The maximum absolute atomic E-state index is 11.3. The van der Waals surface area contributed by atoms with Crippen molar-refractivity contribution in [2.45, 2.75) is 19.0 Å². The summed E-state index contributed by atoms with van der Waals surface area (Å²) < 4.78 is 6.33. The standard InChI is InChI=1S/C26H20ClN3O4S/c1-14-12-15(25(32)33)5-7-17(14)21-9-10-22(34-21)24-23(18-4-2-3-11-28-18)29-26(35)30(24)19-13-16(27)6-8-20(19)31/h2-13,23-24,31H,1H3,(H,29,35)(H,32,33)/t23-,24-/m0/s1. The summed E-state index contributed by atoms with van der Waals surface area (Å²) in [5, 5.41) is 24.1.